The maximum absolute atomic E-state index is 5.99. The van der Waals surface area contributed by atoms with Gasteiger partial charge in [0.25, 0.3) is 0 Å². The van der Waals surface area contributed by atoms with Crippen LogP contribution in [0.3, 0.4) is 0 Å². The van der Waals surface area contributed by atoms with E-state index in [1.807, 2.05) is 37.3 Å². The second-order valence-electron chi connectivity index (χ2n) is 3.91. The molecule has 0 fully saturated rings. The van der Waals surface area contributed by atoms with Crippen molar-refractivity contribution < 1.29 is 4.74 Å². The molecule has 1 heterocycles. The minimum Gasteiger partial charge on any atom is -0.486 e. The number of hydrogen-bond acceptors (Lipinski definition) is 2. The third-order valence-electron chi connectivity index (χ3n) is 2.45. The van der Waals surface area contributed by atoms with Crippen LogP contribution in [0.1, 0.15) is 24.6 Å². The lowest BCUT2D eigenvalue weighted by molar-refractivity contribution is 0.300. The summed E-state index contributed by atoms with van der Waals surface area (Å²) in [6.07, 6.45) is 2.55. The minimum absolute atomic E-state index is 0.405. The zero-order valence-electron chi connectivity index (χ0n) is 10.7. The van der Waals surface area contributed by atoms with Crippen molar-refractivity contribution >= 4 is 11.6 Å². The van der Waals surface area contributed by atoms with Crippen molar-refractivity contribution in [3.63, 3.8) is 0 Å². The van der Waals surface area contributed by atoms with Crippen LogP contribution in [0, 0.1) is 11.8 Å². The number of pyridine rings is 1. The zero-order chi connectivity index (χ0) is 13.5. The van der Waals surface area contributed by atoms with Gasteiger partial charge in [0.1, 0.15) is 12.4 Å². The molecule has 0 aliphatic heterocycles. The summed E-state index contributed by atoms with van der Waals surface area (Å²) in [4.78, 5) is 4.21. The number of nitrogens with zero attached hydrogens (tertiary/aromatic N) is 1. The zero-order valence-corrected chi connectivity index (χ0v) is 11.4. The van der Waals surface area contributed by atoms with E-state index < -0.39 is 0 Å². The molecular weight excluding hydrogens is 258 g/mol. The average molecular weight is 272 g/mol. The topological polar surface area (TPSA) is 22.1 Å². The molecule has 0 N–H and O–H groups in total. The van der Waals surface area contributed by atoms with Gasteiger partial charge in [-0.15, -0.1) is 0 Å². The van der Waals surface area contributed by atoms with Crippen LogP contribution in [0.15, 0.2) is 42.6 Å². The van der Waals surface area contributed by atoms with E-state index in [4.69, 9.17) is 16.3 Å². The summed E-state index contributed by atoms with van der Waals surface area (Å²) >= 11 is 5.99. The van der Waals surface area contributed by atoms with E-state index in [0.29, 0.717) is 17.4 Å². The Bertz CT molecular complexity index is 599. The first-order chi connectivity index (χ1) is 9.29. The summed E-state index contributed by atoms with van der Waals surface area (Å²) < 4.78 is 5.75. The van der Waals surface area contributed by atoms with Gasteiger partial charge in [-0.25, -0.2) is 0 Å². The van der Waals surface area contributed by atoms with Crippen LogP contribution in [-0.2, 0) is 6.61 Å². The van der Waals surface area contributed by atoms with Gasteiger partial charge in [0.15, 0.2) is 0 Å². The lowest BCUT2D eigenvalue weighted by atomic mass is 10.2. The summed E-state index contributed by atoms with van der Waals surface area (Å²) in [5, 5.41) is 0.637. The SMILES string of the molecule is CCC#Cc1ccc(Cl)cc1OCc1ccccn1. The van der Waals surface area contributed by atoms with Crippen molar-refractivity contribution in [3.05, 3.63) is 58.9 Å². The average Bonchev–Trinajstić information content (AvgIpc) is 2.45. The van der Waals surface area contributed by atoms with E-state index in [-0.39, 0.29) is 0 Å². The molecule has 0 aliphatic carbocycles. The molecule has 0 unspecified atom stereocenters. The Labute approximate surface area is 118 Å². The fourth-order valence-electron chi connectivity index (χ4n) is 1.54. The lowest BCUT2D eigenvalue weighted by Crippen LogP contribution is -1.99. The molecule has 3 heteroatoms. The molecule has 2 rings (SSSR count). The summed E-state index contributed by atoms with van der Waals surface area (Å²) in [6.45, 7) is 2.42. The van der Waals surface area contributed by atoms with Crippen LogP contribution < -0.4 is 4.74 Å². The highest BCUT2D eigenvalue weighted by Gasteiger charge is 2.03. The minimum atomic E-state index is 0.405. The van der Waals surface area contributed by atoms with Gasteiger partial charge in [-0.3, -0.25) is 4.98 Å². The van der Waals surface area contributed by atoms with Crippen molar-refractivity contribution in [2.24, 2.45) is 0 Å². The van der Waals surface area contributed by atoms with Crippen molar-refractivity contribution in [2.45, 2.75) is 20.0 Å². The highest BCUT2D eigenvalue weighted by atomic mass is 35.5. The molecule has 0 aliphatic rings. The monoisotopic (exact) mass is 271 g/mol. The molecule has 2 aromatic rings. The lowest BCUT2D eigenvalue weighted by Gasteiger charge is -2.08. The van der Waals surface area contributed by atoms with E-state index in [1.165, 1.54) is 0 Å². The Balaban J connectivity index is 2.16. The molecule has 1 aromatic heterocycles. The van der Waals surface area contributed by atoms with Gasteiger partial charge in [0.2, 0.25) is 0 Å². The number of benzene rings is 1. The first kappa shape index (κ1) is 13.5. The van der Waals surface area contributed by atoms with Crippen LogP contribution in [-0.4, -0.2) is 4.98 Å². The molecule has 19 heavy (non-hydrogen) atoms. The first-order valence-corrected chi connectivity index (χ1v) is 6.48. The molecular formula is C16H14ClNO. The molecule has 1 aromatic carbocycles. The molecule has 2 nitrogen and oxygen atoms in total. The van der Waals surface area contributed by atoms with Gasteiger partial charge in [0.05, 0.1) is 11.3 Å². The van der Waals surface area contributed by atoms with Crippen molar-refractivity contribution in [2.75, 3.05) is 0 Å². The van der Waals surface area contributed by atoms with E-state index in [2.05, 4.69) is 16.8 Å². The summed E-state index contributed by atoms with van der Waals surface area (Å²) in [5.41, 5.74) is 1.72. The van der Waals surface area contributed by atoms with Crippen molar-refractivity contribution in [3.8, 4) is 17.6 Å². The highest BCUT2D eigenvalue weighted by Crippen LogP contribution is 2.23. The number of ether oxygens (including phenoxy) is 1. The predicted octanol–water partition coefficient (Wildman–Crippen LogP) is 4.08. The predicted molar refractivity (Wildman–Crippen MR) is 77.2 cm³/mol. The number of rotatable bonds is 3. The van der Waals surface area contributed by atoms with Gasteiger partial charge in [-0.05, 0) is 24.3 Å². The van der Waals surface area contributed by atoms with Gasteiger partial charge < -0.3 is 4.74 Å². The van der Waals surface area contributed by atoms with E-state index in [9.17, 15) is 0 Å². The van der Waals surface area contributed by atoms with Crippen LogP contribution >= 0.6 is 11.6 Å². The molecule has 0 saturated heterocycles. The normalized spacial score (nSPS) is 9.58. The third kappa shape index (κ3) is 4.01. The number of halogens is 1. The van der Waals surface area contributed by atoms with Crippen LogP contribution in [0.2, 0.25) is 5.02 Å². The van der Waals surface area contributed by atoms with E-state index in [1.54, 1.807) is 12.3 Å². The first-order valence-electron chi connectivity index (χ1n) is 6.10. The summed E-state index contributed by atoms with van der Waals surface area (Å²) in [6, 6.07) is 11.2. The standard InChI is InChI=1S/C16H14ClNO/c1-2-3-6-13-8-9-14(17)11-16(13)19-12-15-7-4-5-10-18-15/h4-5,7-11H,2,12H2,1H3. The fourth-order valence-corrected chi connectivity index (χ4v) is 1.70. The molecule has 0 amide bonds. The molecule has 0 bridgehead atoms. The highest BCUT2D eigenvalue weighted by molar-refractivity contribution is 6.30. The van der Waals surface area contributed by atoms with Crippen LogP contribution in [0.5, 0.6) is 5.75 Å². The fraction of sp³-hybridized carbons (Fsp3) is 0.188. The number of hydrogen-bond donors (Lipinski definition) is 0. The second-order valence-corrected chi connectivity index (χ2v) is 4.34. The molecule has 0 spiro atoms. The van der Waals surface area contributed by atoms with E-state index in [0.717, 1.165) is 17.7 Å². The van der Waals surface area contributed by atoms with E-state index >= 15 is 0 Å². The Morgan fingerprint density at radius 1 is 1.26 bits per heavy atom. The van der Waals surface area contributed by atoms with Crippen molar-refractivity contribution in [1.29, 1.82) is 0 Å². The Morgan fingerprint density at radius 3 is 2.89 bits per heavy atom. The molecule has 0 atom stereocenters. The van der Waals surface area contributed by atoms with Crippen molar-refractivity contribution in [1.82, 2.24) is 4.98 Å². The van der Waals surface area contributed by atoms with Crippen LogP contribution in [0.25, 0.3) is 0 Å². The Morgan fingerprint density at radius 2 is 2.16 bits per heavy atom. The maximum atomic E-state index is 5.99. The molecule has 0 saturated carbocycles. The largest absolute Gasteiger partial charge is 0.486 e. The number of aromatic nitrogens is 1. The smallest absolute Gasteiger partial charge is 0.136 e. The summed E-state index contributed by atoms with van der Waals surface area (Å²) in [7, 11) is 0. The van der Waals surface area contributed by atoms with Gasteiger partial charge >= 0.3 is 0 Å². The summed E-state index contributed by atoms with van der Waals surface area (Å²) in [5.74, 6) is 6.80. The molecule has 96 valence electrons. The maximum Gasteiger partial charge on any atom is 0.136 e. The van der Waals surface area contributed by atoms with Gasteiger partial charge in [0, 0.05) is 23.7 Å². The van der Waals surface area contributed by atoms with Gasteiger partial charge in [-0.1, -0.05) is 36.4 Å². The Hall–Kier alpha value is -1.98. The third-order valence-corrected chi connectivity index (χ3v) is 2.68. The second kappa shape index (κ2) is 6.82. The quantitative estimate of drug-likeness (QED) is 0.785. The molecule has 0 radical (unpaired) electrons. The van der Waals surface area contributed by atoms with Crippen LogP contribution in [0.4, 0.5) is 0 Å². The Kier molecular flexibility index (Phi) is 4.83. The van der Waals surface area contributed by atoms with Gasteiger partial charge in [-0.2, -0.15) is 0 Å².